The van der Waals surface area contributed by atoms with Crippen LogP contribution in [0.3, 0.4) is 0 Å². The van der Waals surface area contributed by atoms with Crippen molar-refractivity contribution < 1.29 is 9.30 Å². The van der Waals surface area contributed by atoms with E-state index in [4.69, 9.17) is 16.3 Å². The summed E-state index contributed by atoms with van der Waals surface area (Å²) in [5.41, 5.74) is 3.87. The molecule has 0 saturated carbocycles. The number of nitrogens with zero attached hydrogens (tertiary/aromatic N) is 4. The van der Waals surface area contributed by atoms with Crippen molar-refractivity contribution in [3.63, 3.8) is 0 Å². The number of halogens is 1. The maximum atomic E-state index is 12.9. The number of ether oxygens (including phenoxy) is 1. The highest BCUT2D eigenvalue weighted by Crippen LogP contribution is 2.40. The van der Waals surface area contributed by atoms with Crippen molar-refractivity contribution in [1.29, 1.82) is 0 Å². The van der Waals surface area contributed by atoms with Gasteiger partial charge in [0.25, 0.3) is 0 Å². The van der Waals surface area contributed by atoms with Crippen molar-refractivity contribution in [2.45, 2.75) is 44.6 Å². The van der Waals surface area contributed by atoms with Crippen molar-refractivity contribution in [1.82, 2.24) is 19.8 Å². The van der Waals surface area contributed by atoms with E-state index in [2.05, 4.69) is 49.6 Å². The molecular weight excluding hydrogens is 555 g/mol. The molecule has 2 fully saturated rings. The van der Waals surface area contributed by atoms with Crippen LogP contribution < -0.4 is 20.7 Å². The van der Waals surface area contributed by atoms with Crippen LogP contribution >= 0.6 is 18.7 Å². The Morgan fingerprint density at radius 3 is 2.37 bits per heavy atom. The van der Waals surface area contributed by atoms with Gasteiger partial charge < -0.3 is 29.7 Å². The Kier molecular flexibility index (Phi) is 9.24. The first-order chi connectivity index (χ1) is 19.6. The van der Waals surface area contributed by atoms with E-state index >= 15 is 0 Å². The number of likely N-dealkylation sites (tertiary alicyclic amines) is 2. The van der Waals surface area contributed by atoms with Gasteiger partial charge in [-0.05, 0) is 115 Å². The lowest BCUT2D eigenvalue weighted by molar-refractivity contribution is 0.0966. The molecule has 5 rings (SSSR count). The number of aromatic nitrogens is 2. The van der Waals surface area contributed by atoms with Gasteiger partial charge in [0.1, 0.15) is 17.9 Å². The Labute approximate surface area is 249 Å². The molecule has 1 aromatic heterocycles. The minimum absolute atomic E-state index is 0.373. The maximum Gasteiger partial charge on any atom is 0.229 e. The van der Waals surface area contributed by atoms with E-state index in [1.165, 1.54) is 44.3 Å². The summed E-state index contributed by atoms with van der Waals surface area (Å²) in [6.45, 7) is 10.2. The molecule has 0 spiro atoms. The molecule has 2 N–H and O–H groups in total. The number of nitrogens with one attached hydrogen (secondary N) is 2. The molecule has 2 aliphatic rings. The summed E-state index contributed by atoms with van der Waals surface area (Å²) in [5, 5.41) is 7.71. The topological polar surface area (TPSA) is 82.6 Å². The SMILES string of the molecule is COc1cc(C2CCN(C3CCN(C)CC3)CC2)ccc1Nc1ncc(Cl)c(Nc2ccc(C)cc2P(C)(C)=O)n1. The van der Waals surface area contributed by atoms with Crippen LogP contribution in [0, 0.1) is 6.92 Å². The quantitative estimate of drug-likeness (QED) is 0.287. The van der Waals surface area contributed by atoms with Gasteiger partial charge in [0.2, 0.25) is 5.95 Å². The van der Waals surface area contributed by atoms with Gasteiger partial charge in [-0.3, -0.25) is 0 Å². The highest BCUT2D eigenvalue weighted by molar-refractivity contribution is 7.70. The first kappa shape index (κ1) is 29.8. The van der Waals surface area contributed by atoms with Crippen LogP contribution in [0.4, 0.5) is 23.1 Å². The minimum atomic E-state index is -2.53. The second-order valence-corrected chi connectivity index (χ2v) is 15.4. The highest BCUT2D eigenvalue weighted by atomic mass is 35.5. The van der Waals surface area contributed by atoms with Crippen molar-refractivity contribution >= 4 is 47.2 Å². The molecular formula is C31H42ClN6O2P. The van der Waals surface area contributed by atoms with Crippen molar-refractivity contribution in [3.05, 3.63) is 58.7 Å². The van der Waals surface area contributed by atoms with Crippen LogP contribution in [-0.2, 0) is 4.57 Å². The number of hydrogen-bond donors (Lipinski definition) is 2. The maximum absolute atomic E-state index is 12.9. The van der Waals surface area contributed by atoms with Gasteiger partial charge in [0.15, 0.2) is 5.82 Å². The second-order valence-electron chi connectivity index (χ2n) is 11.8. The van der Waals surface area contributed by atoms with E-state index in [-0.39, 0.29) is 0 Å². The number of rotatable bonds is 8. The molecule has 3 aromatic rings. The number of aryl methyl sites for hydroxylation is 1. The lowest BCUT2D eigenvalue weighted by atomic mass is 9.87. The number of hydrogen-bond acceptors (Lipinski definition) is 8. The lowest BCUT2D eigenvalue weighted by Crippen LogP contribution is -2.46. The van der Waals surface area contributed by atoms with E-state index in [0.717, 1.165) is 47.1 Å². The van der Waals surface area contributed by atoms with Gasteiger partial charge >= 0.3 is 0 Å². The van der Waals surface area contributed by atoms with E-state index in [9.17, 15) is 4.57 Å². The largest absolute Gasteiger partial charge is 0.495 e. The molecule has 0 unspecified atom stereocenters. The van der Waals surface area contributed by atoms with Crippen LogP contribution in [0.2, 0.25) is 5.02 Å². The number of piperidine rings is 2. The first-order valence-electron chi connectivity index (χ1n) is 14.4. The summed E-state index contributed by atoms with van der Waals surface area (Å²) in [4.78, 5) is 14.2. The molecule has 10 heteroatoms. The fraction of sp³-hybridized carbons (Fsp3) is 0.484. The highest BCUT2D eigenvalue weighted by Gasteiger charge is 2.28. The third-order valence-corrected chi connectivity index (χ3v) is 10.2. The van der Waals surface area contributed by atoms with Gasteiger partial charge in [0, 0.05) is 11.3 Å². The number of methoxy groups -OCH3 is 1. The molecule has 0 atom stereocenters. The zero-order valence-corrected chi connectivity index (χ0v) is 26.4. The van der Waals surface area contributed by atoms with E-state index in [1.54, 1.807) is 26.6 Å². The average molecular weight is 597 g/mol. The van der Waals surface area contributed by atoms with Crippen LogP contribution in [0.25, 0.3) is 0 Å². The van der Waals surface area contributed by atoms with Crippen LogP contribution in [-0.4, -0.2) is 79.5 Å². The zero-order chi connectivity index (χ0) is 29.1. The Morgan fingerprint density at radius 1 is 0.976 bits per heavy atom. The molecule has 2 aliphatic heterocycles. The Morgan fingerprint density at radius 2 is 1.68 bits per heavy atom. The number of benzene rings is 2. The molecule has 3 heterocycles. The summed E-state index contributed by atoms with van der Waals surface area (Å²) in [5.74, 6) is 2.11. The molecule has 220 valence electrons. The zero-order valence-electron chi connectivity index (χ0n) is 24.8. The fourth-order valence-electron chi connectivity index (χ4n) is 5.98. The summed E-state index contributed by atoms with van der Waals surface area (Å²) in [6.07, 6.45) is 6.46. The third-order valence-electron chi connectivity index (χ3n) is 8.41. The van der Waals surface area contributed by atoms with Gasteiger partial charge in [-0.2, -0.15) is 4.98 Å². The lowest BCUT2D eigenvalue weighted by Gasteiger charge is -2.41. The standard InChI is InChI=1S/C31H42ClN6O2P/c1-21-6-8-27(29(18-21)41(4,5)39)34-30-25(32)20-33-31(36-30)35-26-9-7-23(19-28(26)40-3)22-10-16-38(17-11-22)24-12-14-37(2)15-13-24/h6-9,18-20,22,24H,10-17H2,1-5H3,(H2,33,34,35,36). The normalized spacial score (nSPS) is 17.9. The Hall–Kier alpha value is -2.64. The van der Waals surface area contributed by atoms with Crippen LogP contribution in [0.1, 0.15) is 42.7 Å². The summed E-state index contributed by atoms with van der Waals surface area (Å²) < 4.78 is 18.7. The van der Waals surface area contributed by atoms with Crippen LogP contribution in [0.5, 0.6) is 5.75 Å². The van der Waals surface area contributed by atoms with Gasteiger partial charge in [-0.15, -0.1) is 0 Å². The average Bonchev–Trinajstić information content (AvgIpc) is 2.96. The van der Waals surface area contributed by atoms with Crippen molar-refractivity contribution in [2.24, 2.45) is 0 Å². The van der Waals surface area contributed by atoms with Crippen molar-refractivity contribution in [3.8, 4) is 5.75 Å². The van der Waals surface area contributed by atoms with Gasteiger partial charge in [-0.25, -0.2) is 4.98 Å². The molecule has 8 nitrogen and oxygen atoms in total. The molecule has 0 amide bonds. The molecule has 2 aromatic carbocycles. The van der Waals surface area contributed by atoms with E-state index in [0.29, 0.717) is 22.7 Å². The predicted molar refractivity (Wildman–Crippen MR) is 171 cm³/mol. The van der Waals surface area contributed by atoms with Gasteiger partial charge in [-0.1, -0.05) is 29.3 Å². The first-order valence-corrected chi connectivity index (χ1v) is 17.4. The van der Waals surface area contributed by atoms with E-state index < -0.39 is 7.14 Å². The summed E-state index contributed by atoms with van der Waals surface area (Å²) in [6, 6.07) is 12.9. The second kappa shape index (κ2) is 12.7. The third kappa shape index (κ3) is 7.23. The monoisotopic (exact) mass is 596 g/mol. The molecule has 0 radical (unpaired) electrons. The molecule has 0 bridgehead atoms. The molecule has 2 saturated heterocycles. The number of anilines is 4. The smallest absolute Gasteiger partial charge is 0.229 e. The summed E-state index contributed by atoms with van der Waals surface area (Å²) >= 11 is 6.46. The molecule has 0 aliphatic carbocycles. The van der Waals surface area contributed by atoms with Crippen molar-refractivity contribution in [2.75, 3.05) is 64.3 Å². The van der Waals surface area contributed by atoms with Crippen LogP contribution in [0.15, 0.2) is 42.6 Å². The van der Waals surface area contributed by atoms with E-state index in [1.807, 2.05) is 31.2 Å². The fourth-order valence-corrected chi connectivity index (χ4v) is 7.34. The predicted octanol–water partition coefficient (Wildman–Crippen LogP) is 6.46. The summed E-state index contributed by atoms with van der Waals surface area (Å²) in [7, 11) is 1.39. The minimum Gasteiger partial charge on any atom is -0.495 e. The van der Waals surface area contributed by atoms with Gasteiger partial charge in [0.05, 0.1) is 24.7 Å². The molecule has 41 heavy (non-hydrogen) atoms. The Balaban J connectivity index is 1.28. The Bertz CT molecular complexity index is 1410.